The largest absolute Gasteiger partial charge is 0.302 e. The zero-order valence-electron chi connectivity index (χ0n) is 15.4. The molecule has 2 heterocycles. The van der Waals surface area contributed by atoms with E-state index in [-0.39, 0.29) is 39.2 Å². The van der Waals surface area contributed by atoms with Crippen LogP contribution in [0.5, 0.6) is 0 Å². The van der Waals surface area contributed by atoms with Gasteiger partial charge in [0.25, 0.3) is 0 Å². The van der Waals surface area contributed by atoms with E-state index in [0.29, 0.717) is 12.8 Å². The Hall–Kier alpha value is -2.50. The number of thiazole rings is 1. The van der Waals surface area contributed by atoms with Crippen LogP contribution in [-0.2, 0) is 14.8 Å². The van der Waals surface area contributed by atoms with Gasteiger partial charge >= 0.3 is 0 Å². The van der Waals surface area contributed by atoms with Crippen molar-refractivity contribution >= 4 is 42.6 Å². The van der Waals surface area contributed by atoms with Crippen molar-refractivity contribution in [1.82, 2.24) is 9.29 Å². The molecular formula is C19H16F3N3O3S2. The van der Waals surface area contributed by atoms with E-state index in [1.807, 2.05) is 0 Å². The standard InChI is InChI=1S/C19H16F3N3O3S2/c20-12-1-3-14(4-2-12)30(27,28)25-7-5-11(6-8-25)18(26)24-19-23-17-15(22)9-13(21)10-16(17)29-19/h1-4,9-11H,5-8H2,(H,23,24,26). The third-order valence-corrected chi connectivity index (χ3v) is 7.75. The molecule has 4 rings (SSSR count). The summed E-state index contributed by atoms with van der Waals surface area (Å²) in [4.78, 5) is 16.5. The molecule has 1 aliphatic rings. The molecule has 1 N–H and O–H groups in total. The van der Waals surface area contributed by atoms with E-state index >= 15 is 0 Å². The van der Waals surface area contributed by atoms with Gasteiger partial charge in [-0.1, -0.05) is 11.3 Å². The number of halogens is 3. The molecule has 1 fully saturated rings. The van der Waals surface area contributed by atoms with Crippen molar-refractivity contribution in [2.24, 2.45) is 5.92 Å². The number of hydrogen-bond donors (Lipinski definition) is 1. The predicted molar refractivity (Wildman–Crippen MR) is 106 cm³/mol. The van der Waals surface area contributed by atoms with E-state index < -0.39 is 33.4 Å². The number of nitrogens with one attached hydrogen (secondary N) is 1. The van der Waals surface area contributed by atoms with Crippen LogP contribution in [0.1, 0.15) is 12.8 Å². The summed E-state index contributed by atoms with van der Waals surface area (Å²) in [6.07, 6.45) is 0.584. The van der Waals surface area contributed by atoms with E-state index in [2.05, 4.69) is 10.3 Å². The molecule has 1 aromatic heterocycles. The second-order valence-electron chi connectivity index (χ2n) is 6.87. The van der Waals surface area contributed by atoms with Crippen LogP contribution in [0, 0.1) is 23.4 Å². The van der Waals surface area contributed by atoms with E-state index in [1.54, 1.807) is 0 Å². The van der Waals surface area contributed by atoms with Crippen molar-refractivity contribution in [3.05, 3.63) is 53.8 Å². The zero-order valence-corrected chi connectivity index (χ0v) is 17.1. The minimum absolute atomic E-state index is 0.00413. The summed E-state index contributed by atoms with van der Waals surface area (Å²) in [7, 11) is -3.77. The molecule has 0 saturated carbocycles. The van der Waals surface area contributed by atoms with Gasteiger partial charge in [0.2, 0.25) is 15.9 Å². The number of benzene rings is 2. The second-order valence-corrected chi connectivity index (χ2v) is 9.84. The molecule has 30 heavy (non-hydrogen) atoms. The number of hydrogen-bond acceptors (Lipinski definition) is 5. The molecule has 6 nitrogen and oxygen atoms in total. The van der Waals surface area contributed by atoms with Gasteiger partial charge in [-0.15, -0.1) is 0 Å². The Morgan fingerprint density at radius 2 is 1.73 bits per heavy atom. The molecule has 2 aromatic carbocycles. The first-order chi connectivity index (χ1) is 14.2. The van der Waals surface area contributed by atoms with Gasteiger partial charge in [-0.25, -0.2) is 26.6 Å². The number of carbonyl (C=O) groups excluding carboxylic acids is 1. The Kier molecular flexibility index (Phi) is 5.51. The Bertz CT molecular complexity index is 1200. The number of carbonyl (C=O) groups is 1. The molecular weight excluding hydrogens is 439 g/mol. The Morgan fingerprint density at radius 3 is 2.40 bits per heavy atom. The molecule has 1 aliphatic heterocycles. The third kappa shape index (κ3) is 4.05. The maximum absolute atomic E-state index is 13.8. The number of piperidine rings is 1. The third-order valence-electron chi connectivity index (χ3n) is 4.92. The van der Waals surface area contributed by atoms with Crippen LogP contribution in [0.4, 0.5) is 18.3 Å². The Balaban J connectivity index is 1.41. The average Bonchev–Trinajstić information content (AvgIpc) is 3.11. The fraction of sp³-hybridized carbons (Fsp3) is 0.263. The average molecular weight is 455 g/mol. The minimum atomic E-state index is -3.77. The number of rotatable bonds is 4. The molecule has 0 radical (unpaired) electrons. The van der Waals surface area contributed by atoms with Crippen LogP contribution >= 0.6 is 11.3 Å². The maximum atomic E-state index is 13.8. The molecule has 0 bridgehead atoms. The molecule has 158 valence electrons. The zero-order chi connectivity index (χ0) is 21.5. The van der Waals surface area contributed by atoms with Crippen LogP contribution in [0.25, 0.3) is 10.2 Å². The molecule has 0 unspecified atom stereocenters. The van der Waals surface area contributed by atoms with Gasteiger partial charge in [-0.05, 0) is 43.2 Å². The van der Waals surface area contributed by atoms with Gasteiger partial charge in [0.05, 0.1) is 9.60 Å². The van der Waals surface area contributed by atoms with E-state index in [1.165, 1.54) is 16.4 Å². The van der Waals surface area contributed by atoms with Crippen molar-refractivity contribution in [2.75, 3.05) is 18.4 Å². The molecule has 0 spiro atoms. The Labute approximate surface area is 174 Å². The van der Waals surface area contributed by atoms with Gasteiger partial charge in [-0.2, -0.15) is 4.31 Å². The summed E-state index contributed by atoms with van der Waals surface area (Å²) < 4.78 is 67.0. The van der Waals surface area contributed by atoms with Crippen LogP contribution in [0.15, 0.2) is 41.3 Å². The lowest BCUT2D eigenvalue weighted by Gasteiger charge is -2.30. The highest BCUT2D eigenvalue weighted by molar-refractivity contribution is 7.89. The first kappa shape index (κ1) is 20.8. The second kappa shape index (κ2) is 7.97. The fourth-order valence-electron chi connectivity index (χ4n) is 3.33. The fourth-order valence-corrected chi connectivity index (χ4v) is 5.71. The number of fused-ring (bicyclic) bond motifs is 1. The lowest BCUT2D eigenvalue weighted by Crippen LogP contribution is -2.41. The van der Waals surface area contributed by atoms with Crippen molar-refractivity contribution in [3.63, 3.8) is 0 Å². The Morgan fingerprint density at radius 1 is 1.07 bits per heavy atom. The maximum Gasteiger partial charge on any atom is 0.243 e. The van der Waals surface area contributed by atoms with Crippen molar-refractivity contribution < 1.29 is 26.4 Å². The normalized spacial score (nSPS) is 16.1. The summed E-state index contributed by atoms with van der Waals surface area (Å²) >= 11 is 0.961. The molecule has 0 aliphatic carbocycles. The van der Waals surface area contributed by atoms with E-state index in [9.17, 15) is 26.4 Å². The lowest BCUT2D eigenvalue weighted by atomic mass is 9.97. The van der Waals surface area contributed by atoms with Crippen LogP contribution in [0.2, 0.25) is 0 Å². The summed E-state index contributed by atoms with van der Waals surface area (Å²) in [5.74, 6) is -2.86. The van der Waals surface area contributed by atoms with Crippen molar-refractivity contribution in [2.45, 2.75) is 17.7 Å². The number of aromatic nitrogens is 1. The highest BCUT2D eigenvalue weighted by atomic mass is 32.2. The van der Waals surface area contributed by atoms with Gasteiger partial charge < -0.3 is 5.32 Å². The summed E-state index contributed by atoms with van der Waals surface area (Å²) in [6, 6.07) is 6.45. The van der Waals surface area contributed by atoms with E-state index in [0.717, 1.165) is 35.6 Å². The highest BCUT2D eigenvalue weighted by Gasteiger charge is 2.32. The smallest absolute Gasteiger partial charge is 0.243 e. The number of amides is 1. The van der Waals surface area contributed by atoms with Gasteiger partial charge in [-0.3, -0.25) is 4.79 Å². The molecule has 0 atom stereocenters. The minimum Gasteiger partial charge on any atom is -0.302 e. The topological polar surface area (TPSA) is 79.4 Å². The molecule has 3 aromatic rings. The van der Waals surface area contributed by atoms with Gasteiger partial charge in [0.1, 0.15) is 17.2 Å². The molecule has 1 saturated heterocycles. The first-order valence-corrected chi connectivity index (χ1v) is 11.3. The summed E-state index contributed by atoms with van der Waals surface area (Å²) in [5.41, 5.74) is -0.0167. The molecule has 1 amide bonds. The van der Waals surface area contributed by atoms with Crippen LogP contribution in [-0.4, -0.2) is 36.7 Å². The van der Waals surface area contributed by atoms with E-state index in [4.69, 9.17) is 0 Å². The molecule has 11 heteroatoms. The van der Waals surface area contributed by atoms with Gasteiger partial charge in [0.15, 0.2) is 10.9 Å². The lowest BCUT2D eigenvalue weighted by molar-refractivity contribution is -0.120. The monoisotopic (exact) mass is 455 g/mol. The number of nitrogens with zero attached hydrogens (tertiary/aromatic N) is 2. The van der Waals surface area contributed by atoms with Crippen LogP contribution in [0.3, 0.4) is 0 Å². The van der Waals surface area contributed by atoms with Crippen molar-refractivity contribution in [3.8, 4) is 0 Å². The highest BCUT2D eigenvalue weighted by Crippen LogP contribution is 2.30. The number of anilines is 1. The first-order valence-electron chi connectivity index (χ1n) is 9.06. The number of sulfonamides is 1. The van der Waals surface area contributed by atoms with Gasteiger partial charge in [0, 0.05) is 25.1 Å². The van der Waals surface area contributed by atoms with Crippen LogP contribution < -0.4 is 5.32 Å². The summed E-state index contributed by atoms with van der Waals surface area (Å²) in [5, 5.41) is 2.76. The quantitative estimate of drug-likeness (QED) is 0.650. The SMILES string of the molecule is O=C(Nc1nc2c(F)cc(F)cc2s1)C1CCN(S(=O)(=O)c2ccc(F)cc2)CC1. The predicted octanol–water partition coefficient (Wildman–Crippen LogP) is 3.75. The summed E-state index contributed by atoms with van der Waals surface area (Å²) in [6.45, 7) is 0.273. The van der Waals surface area contributed by atoms with Crippen molar-refractivity contribution in [1.29, 1.82) is 0 Å².